The molecule has 0 N–H and O–H groups in total. The standard InChI is InChI=1S/C118H118N4O4S6/c1-11-19-25-29-43-77-47-37-51-81(63-77)117(82-52-38-48-78(64-82)44-30-26-20-12-2)93-69-85(67-91-101(95(71-119)121-9)87-55-33-35-57-89(87)109(91)123)127-111(93)115-107(117)105-103(97-59-61-99(129-97)125-73-75(17-7)41-23-15-5)114-106(104(113(105)131-115)98-60-62-100(130-98)126-74-76(18-8)42-24-16-6)108-116(132-114)112-94(70-86(128-112)68-92-102(96(72-120)122-10)88-56-34-36-58-90(88)110(92)124)118(108,83-53-39-49-79(65-83)45-31-27-21-13-3)84-54-40-50-80(66-84)46-32-28-22-14-4/h33-40,47-70,75-76H,11-32,41-46,73-74H2,1-8H3/b91-67-,92-68-,101-95-,102-96+. The van der Waals surface area contributed by atoms with Crippen LogP contribution in [-0.2, 0) is 36.5 Å². The zero-order valence-corrected chi connectivity index (χ0v) is 82.6. The number of nitrogens with zero attached hydrogens (tertiary/aromatic N) is 4. The number of ketones is 2. The molecule has 13 aromatic rings. The van der Waals surface area contributed by atoms with Gasteiger partial charge in [0.05, 0.1) is 68.8 Å². The monoisotopic (exact) mass is 1850 g/mol. The van der Waals surface area contributed by atoms with Crippen LogP contribution in [0, 0.1) is 47.6 Å². The Morgan fingerprint density at radius 3 is 1.05 bits per heavy atom. The fraction of sp³-hybridized carbons (Fsp3) is 0.356. The number of unbranched alkanes of at least 4 members (excludes halogenated alkanes) is 14. The third-order valence-corrected chi connectivity index (χ3v) is 35.0. The molecular formula is C118H118N4O4S6. The summed E-state index contributed by atoms with van der Waals surface area (Å²) in [5.74, 6) is 0.369. The second kappa shape index (κ2) is 42.1. The molecule has 6 aromatic heterocycles. The molecule has 0 radical (unpaired) electrons. The molecule has 670 valence electrons. The van der Waals surface area contributed by atoms with Crippen LogP contribution in [0.5, 0.6) is 10.1 Å². The summed E-state index contributed by atoms with van der Waals surface area (Å²) in [7, 11) is 0. The van der Waals surface area contributed by atoms with Gasteiger partial charge in [0.25, 0.3) is 11.4 Å². The summed E-state index contributed by atoms with van der Waals surface area (Å²) in [5.41, 5.74) is 18.2. The van der Waals surface area contributed by atoms with Crippen LogP contribution in [0.2, 0.25) is 0 Å². The van der Waals surface area contributed by atoms with Gasteiger partial charge >= 0.3 is 0 Å². The quantitative estimate of drug-likeness (QED) is 0.0163. The van der Waals surface area contributed by atoms with E-state index >= 15 is 9.59 Å². The number of carbonyl (C=O) groups is 2. The highest BCUT2D eigenvalue weighted by Gasteiger charge is 2.55. The van der Waals surface area contributed by atoms with Crippen LogP contribution in [0.25, 0.3) is 93.6 Å². The van der Waals surface area contributed by atoms with E-state index in [1.807, 2.05) is 83.4 Å². The first-order valence-electron chi connectivity index (χ1n) is 48.8. The number of Topliss-reactive ketones (excluding diaryl/α,β-unsaturated/α-hetero) is 2. The first kappa shape index (κ1) is 92.9. The lowest BCUT2D eigenvalue weighted by atomic mass is 9.65. The average Bonchev–Trinajstić information content (AvgIpc) is 1.48. The van der Waals surface area contributed by atoms with Crippen molar-refractivity contribution in [1.29, 1.82) is 10.5 Å². The Bertz CT molecular complexity index is 6270. The molecule has 0 amide bonds. The molecule has 8 nitrogen and oxygen atoms in total. The van der Waals surface area contributed by atoms with Gasteiger partial charge in [-0.2, -0.15) is 0 Å². The Labute approximate surface area is 805 Å². The number of allylic oxidation sites excluding steroid dienone is 6. The SMILES string of the molecule is [C-]#[N+]/C(C#N)=C1\C(=C\c2cc3c(s2)-c2sc4c(-c5ccc(OCC(CC)CCCC)s5)c5c6c(sc5c(-c5ccc(OCC(CC)CCCC)s5)c4c2C3(c2cccc(CCCCCC)c2)c2cccc(CCCCCC)c2)-c2sc(/C=C3\C(=O)c4ccccc4\C3=C(\C#N)[N+]#[C-])cc2C6(c2cccc(CCCCCC)c2)c2cccc(CCCCCC)c2)C(=O)c2ccccc21. The molecule has 0 aliphatic heterocycles. The number of hydrogen-bond acceptors (Lipinski definition) is 12. The van der Waals surface area contributed by atoms with Gasteiger partial charge in [0.2, 0.25) is 0 Å². The van der Waals surface area contributed by atoms with Gasteiger partial charge in [0.1, 0.15) is 0 Å². The molecule has 7 aromatic carbocycles. The second-order valence-electron chi connectivity index (χ2n) is 36.6. The van der Waals surface area contributed by atoms with E-state index in [1.165, 1.54) is 75.8 Å². The Hall–Kier alpha value is -10.9. The molecule has 0 fully saturated rings. The van der Waals surface area contributed by atoms with E-state index in [0.717, 1.165) is 251 Å². The van der Waals surface area contributed by atoms with E-state index in [-0.39, 0.29) is 23.0 Å². The third-order valence-electron chi connectivity index (χ3n) is 28.0. The summed E-state index contributed by atoms with van der Waals surface area (Å²) in [4.78, 5) is 47.0. The van der Waals surface area contributed by atoms with E-state index in [2.05, 4.69) is 211 Å². The minimum Gasteiger partial charge on any atom is -0.484 e. The first-order valence-corrected chi connectivity index (χ1v) is 53.7. The molecule has 0 spiro atoms. The molecule has 0 bridgehead atoms. The highest BCUT2D eigenvalue weighted by molar-refractivity contribution is 7.30. The highest BCUT2D eigenvalue weighted by Crippen LogP contribution is 2.71. The van der Waals surface area contributed by atoms with Crippen LogP contribution >= 0.6 is 68.0 Å². The number of nitriles is 2. The molecular weight excluding hydrogens is 1730 g/mol. The van der Waals surface area contributed by atoms with E-state index in [9.17, 15) is 10.5 Å². The molecule has 0 saturated heterocycles. The molecule has 2 unspecified atom stereocenters. The third kappa shape index (κ3) is 17.6. The average molecular weight is 1850 g/mol. The summed E-state index contributed by atoms with van der Waals surface area (Å²) in [6, 6.07) is 71.9. The Morgan fingerprint density at radius 2 is 0.727 bits per heavy atom. The fourth-order valence-electron chi connectivity index (χ4n) is 21.2. The number of hydrogen-bond donors (Lipinski definition) is 0. The van der Waals surface area contributed by atoms with Crippen LogP contribution in [-0.4, -0.2) is 24.8 Å². The number of thiophene rings is 6. The lowest BCUT2D eigenvalue weighted by Crippen LogP contribution is -2.29. The van der Waals surface area contributed by atoms with Crippen molar-refractivity contribution < 1.29 is 19.1 Å². The maximum absolute atomic E-state index is 15.4. The lowest BCUT2D eigenvalue weighted by molar-refractivity contribution is 0.103. The van der Waals surface area contributed by atoms with Gasteiger partial charge in [-0.25, -0.2) is 20.2 Å². The summed E-state index contributed by atoms with van der Waals surface area (Å²) in [6.45, 7) is 36.5. The van der Waals surface area contributed by atoms with Crippen molar-refractivity contribution in [2.45, 2.75) is 246 Å². The van der Waals surface area contributed by atoms with Crippen molar-refractivity contribution in [1.82, 2.24) is 0 Å². The molecule has 6 heterocycles. The summed E-state index contributed by atoms with van der Waals surface area (Å²) < 4.78 is 16.9. The number of rotatable bonds is 42. The van der Waals surface area contributed by atoms with Gasteiger partial charge in [0.15, 0.2) is 21.7 Å². The molecule has 17 rings (SSSR count). The minimum atomic E-state index is -1.02. The predicted molar refractivity (Wildman–Crippen MR) is 559 cm³/mol. The number of carbonyl (C=O) groups excluding carboxylic acids is 2. The molecule has 132 heavy (non-hydrogen) atoms. The fourth-order valence-corrected chi connectivity index (χ4v) is 28.6. The lowest BCUT2D eigenvalue weighted by Gasteiger charge is -2.35. The summed E-state index contributed by atoms with van der Waals surface area (Å²) in [5, 5.41) is 25.9. The maximum Gasteiger partial charge on any atom is 0.270 e. The number of fused-ring (bicyclic) bond motifs is 12. The molecule has 4 aliphatic carbocycles. The van der Waals surface area contributed by atoms with Crippen molar-refractivity contribution >= 4 is 123 Å². The van der Waals surface area contributed by atoms with Crippen LogP contribution in [0.15, 0.2) is 205 Å². The molecule has 0 saturated carbocycles. The Balaban J connectivity index is 1.07. The van der Waals surface area contributed by atoms with Crippen LogP contribution in [0.4, 0.5) is 0 Å². The molecule has 4 aliphatic rings. The van der Waals surface area contributed by atoms with Gasteiger partial charge in [-0.15, -0.1) is 45.3 Å². The Kier molecular flexibility index (Phi) is 29.7. The Morgan fingerprint density at radius 1 is 0.386 bits per heavy atom. The minimum absolute atomic E-state index is 0.108. The number of aryl methyl sites for hydroxylation is 4. The predicted octanol–water partition coefficient (Wildman–Crippen LogP) is 35.0. The van der Waals surface area contributed by atoms with Crippen molar-refractivity contribution in [2.24, 2.45) is 11.8 Å². The highest BCUT2D eigenvalue weighted by atomic mass is 32.1. The van der Waals surface area contributed by atoms with Gasteiger partial charge in [-0.3, -0.25) is 9.59 Å². The molecule has 14 heteroatoms. The van der Waals surface area contributed by atoms with Gasteiger partial charge < -0.3 is 9.47 Å². The summed E-state index contributed by atoms with van der Waals surface area (Å²) >= 11 is 10.8. The second-order valence-corrected chi connectivity index (χ2v) is 42.9. The van der Waals surface area contributed by atoms with Gasteiger partial charge in [-0.05, 0) is 202 Å². The zero-order valence-electron chi connectivity index (χ0n) is 77.7. The van der Waals surface area contributed by atoms with E-state index in [4.69, 9.17) is 22.6 Å². The van der Waals surface area contributed by atoms with E-state index in [1.54, 1.807) is 45.3 Å². The smallest absolute Gasteiger partial charge is 0.270 e. The first-order chi connectivity index (χ1) is 64.8. The zero-order chi connectivity index (χ0) is 91.6. The van der Waals surface area contributed by atoms with Gasteiger partial charge in [0, 0.05) is 84.2 Å². The largest absolute Gasteiger partial charge is 0.484 e. The van der Waals surface area contributed by atoms with E-state index < -0.39 is 10.8 Å². The van der Waals surface area contributed by atoms with Crippen molar-refractivity contribution in [3.05, 3.63) is 326 Å². The van der Waals surface area contributed by atoms with Crippen molar-refractivity contribution in [3.8, 4) is 62.7 Å². The van der Waals surface area contributed by atoms with Crippen molar-refractivity contribution in [3.63, 3.8) is 0 Å². The van der Waals surface area contributed by atoms with Crippen molar-refractivity contribution in [2.75, 3.05) is 13.2 Å². The van der Waals surface area contributed by atoms with E-state index in [0.29, 0.717) is 69.6 Å². The molecule has 2 atom stereocenters. The summed E-state index contributed by atoms with van der Waals surface area (Å²) in [6.07, 6.45) is 34.3. The normalized spacial score (nSPS) is 15.5. The maximum atomic E-state index is 15.4. The van der Waals surface area contributed by atoms with Gasteiger partial charge in [-0.1, -0.05) is 339 Å². The van der Waals surface area contributed by atoms with Crippen LogP contribution in [0.3, 0.4) is 0 Å². The topological polar surface area (TPSA) is 109 Å². The van der Waals surface area contributed by atoms with Crippen LogP contribution < -0.4 is 9.47 Å². The van der Waals surface area contributed by atoms with Crippen LogP contribution in [0.1, 0.15) is 318 Å². The number of benzene rings is 7. The number of ether oxygens (including phenoxy) is 2.